The van der Waals surface area contributed by atoms with Crippen molar-refractivity contribution < 1.29 is 9.21 Å². The maximum atomic E-state index is 12.0. The van der Waals surface area contributed by atoms with Gasteiger partial charge in [0.15, 0.2) is 0 Å². The summed E-state index contributed by atoms with van der Waals surface area (Å²) in [5.41, 5.74) is -0.0354. The van der Waals surface area contributed by atoms with E-state index in [0.717, 1.165) is 19.4 Å². The number of hydrogen-bond acceptors (Lipinski definition) is 4. The molecule has 92 valence electrons. The number of amides is 1. The zero-order valence-corrected chi connectivity index (χ0v) is 9.81. The molecule has 0 spiro atoms. The van der Waals surface area contributed by atoms with Gasteiger partial charge in [0.1, 0.15) is 6.26 Å². The third-order valence-corrected chi connectivity index (χ3v) is 2.95. The Morgan fingerprint density at radius 1 is 1.59 bits per heavy atom. The molecule has 1 unspecified atom stereocenters. The quantitative estimate of drug-likeness (QED) is 0.828. The molecule has 1 saturated heterocycles. The van der Waals surface area contributed by atoms with Crippen molar-refractivity contribution in [2.75, 3.05) is 20.1 Å². The van der Waals surface area contributed by atoms with Gasteiger partial charge < -0.3 is 14.6 Å². The third kappa shape index (κ3) is 2.94. The number of hydrogen-bond donors (Lipinski definition) is 1. The molecule has 2 rings (SSSR count). The average Bonchev–Trinajstić information content (AvgIpc) is 2.82. The van der Waals surface area contributed by atoms with Crippen molar-refractivity contribution in [1.82, 2.24) is 10.2 Å². The van der Waals surface area contributed by atoms with Crippen LogP contribution in [0.2, 0.25) is 0 Å². The summed E-state index contributed by atoms with van der Waals surface area (Å²) in [6.07, 6.45) is 3.47. The molecule has 1 aromatic heterocycles. The Morgan fingerprint density at radius 2 is 2.41 bits per heavy atom. The standard InChI is InChI=1S/C12H16N2O3/c1-14(7-10-3-2-6-13-10)12(16)9-4-5-11(15)17-8-9/h4-5,8,10,13H,2-3,6-7H2,1H3. The second-order valence-electron chi connectivity index (χ2n) is 4.32. The van der Waals surface area contributed by atoms with Crippen LogP contribution in [0.25, 0.3) is 0 Å². The van der Waals surface area contributed by atoms with Crippen LogP contribution in [0.4, 0.5) is 0 Å². The van der Waals surface area contributed by atoms with Gasteiger partial charge in [-0.05, 0) is 25.5 Å². The Balaban J connectivity index is 1.98. The molecule has 1 aliphatic rings. The maximum absolute atomic E-state index is 12.0. The van der Waals surface area contributed by atoms with Crippen molar-refractivity contribution >= 4 is 5.91 Å². The SMILES string of the molecule is CN(CC1CCCN1)C(=O)c1ccc(=O)oc1. The molecular formula is C12H16N2O3. The molecule has 0 saturated carbocycles. The molecule has 0 aliphatic carbocycles. The smallest absolute Gasteiger partial charge is 0.335 e. The summed E-state index contributed by atoms with van der Waals surface area (Å²) in [5, 5.41) is 3.34. The predicted octanol–water partition coefficient (Wildman–Crippen LogP) is 0.464. The van der Waals surface area contributed by atoms with Crippen LogP contribution in [0.15, 0.2) is 27.6 Å². The third-order valence-electron chi connectivity index (χ3n) is 2.95. The predicted molar refractivity (Wildman–Crippen MR) is 63.0 cm³/mol. The first-order valence-corrected chi connectivity index (χ1v) is 5.74. The normalized spacial score (nSPS) is 19.2. The summed E-state index contributed by atoms with van der Waals surface area (Å²) < 4.78 is 4.68. The molecule has 1 amide bonds. The Hall–Kier alpha value is -1.62. The molecule has 1 N–H and O–H groups in total. The zero-order valence-electron chi connectivity index (χ0n) is 9.81. The highest BCUT2D eigenvalue weighted by Crippen LogP contribution is 2.08. The number of nitrogens with one attached hydrogen (secondary N) is 1. The minimum absolute atomic E-state index is 0.123. The van der Waals surface area contributed by atoms with Crippen LogP contribution >= 0.6 is 0 Å². The van der Waals surface area contributed by atoms with E-state index in [1.54, 1.807) is 11.9 Å². The van der Waals surface area contributed by atoms with Crippen LogP contribution in [0.5, 0.6) is 0 Å². The Morgan fingerprint density at radius 3 is 3.00 bits per heavy atom. The van der Waals surface area contributed by atoms with Crippen LogP contribution in [-0.4, -0.2) is 37.0 Å². The highest BCUT2D eigenvalue weighted by Gasteiger charge is 2.19. The minimum Gasteiger partial charge on any atom is -0.430 e. The van der Waals surface area contributed by atoms with Gasteiger partial charge in [-0.15, -0.1) is 0 Å². The lowest BCUT2D eigenvalue weighted by atomic mass is 10.2. The fraction of sp³-hybridized carbons (Fsp3) is 0.500. The van der Waals surface area contributed by atoms with Crippen LogP contribution in [0, 0.1) is 0 Å². The van der Waals surface area contributed by atoms with Crippen molar-refractivity contribution in [3.63, 3.8) is 0 Å². The molecule has 1 aromatic rings. The minimum atomic E-state index is -0.443. The van der Waals surface area contributed by atoms with Crippen LogP contribution in [0.1, 0.15) is 23.2 Å². The van der Waals surface area contributed by atoms with Crippen molar-refractivity contribution in [2.24, 2.45) is 0 Å². The van der Waals surface area contributed by atoms with Crippen molar-refractivity contribution in [1.29, 1.82) is 0 Å². The number of likely N-dealkylation sites (N-methyl/N-ethyl adjacent to an activating group) is 1. The Kier molecular flexibility index (Phi) is 3.58. The van der Waals surface area contributed by atoms with Crippen LogP contribution in [-0.2, 0) is 0 Å². The lowest BCUT2D eigenvalue weighted by Crippen LogP contribution is -2.38. The lowest BCUT2D eigenvalue weighted by Gasteiger charge is -2.21. The molecule has 1 fully saturated rings. The van der Waals surface area contributed by atoms with Crippen molar-refractivity contribution in [2.45, 2.75) is 18.9 Å². The molecular weight excluding hydrogens is 220 g/mol. The van der Waals surface area contributed by atoms with Gasteiger partial charge in [0.25, 0.3) is 5.91 Å². The van der Waals surface area contributed by atoms with E-state index in [0.29, 0.717) is 18.2 Å². The van der Waals surface area contributed by atoms with Gasteiger partial charge in [0, 0.05) is 25.7 Å². The molecule has 2 heterocycles. The Labute approximate surface area is 99.4 Å². The Bertz CT molecular complexity index is 429. The molecule has 5 heteroatoms. The number of rotatable bonds is 3. The first kappa shape index (κ1) is 11.9. The summed E-state index contributed by atoms with van der Waals surface area (Å²) >= 11 is 0. The largest absolute Gasteiger partial charge is 0.430 e. The zero-order chi connectivity index (χ0) is 12.3. The molecule has 1 aliphatic heterocycles. The van der Waals surface area contributed by atoms with E-state index in [9.17, 15) is 9.59 Å². The van der Waals surface area contributed by atoms with Gasteiger partial charge in [-0.2, -0.15) is 0 Å². The maximum Gasteiger partial charge on any atom is 0.335 e. The van der Waals surface area contributed by atoms with Crippen LogP contribution in [0.3, 0.4) is 0 Å². The molecule has 0 aromatic carbocycles. The molecule has 1 atom stereocenters. The average molecular weight is 236 g/mol. The van der Waals surface area contributed by atoms with Gasteiger partial charge in [-0.25, -0.2) is 4.79 Å². The van der Waals surface area contributed by atoms with Gasteiger partial charge in [0.05, 0.1) is 5.56 Å². The summed E-state index contributed by atoms with van der Waals surface area (Å²) in [5.74, 6) is -0.123. The summed E-state index contributed by atoms with van der Waals surface area (Å²) in [7, 11) is 1.76. The number of nitrogens with zero attached hydrogens (tertiary/aromatic N) is 1. The van der Waals surface area contributed by atoms with Gasteiger partial charge in [0.2, 0.25) is 0 Å². The molecule has 17 heavy (non-hydrogen) atoms. The van der Waals surface area contributed by atoms with Gasteiger partial charge in [-0.1, -0.05) is 0 Å². The summed E-state index contributed by atoms with van der Waals surface area (Å²) in [6, 6.07) is 3.13. The van der Waals surface area contributed by atoms with Gasteiger partial charge >= 0.3 is 5.63 Å². The van der Waals surface area contributed by atoms with E-state index in [2.05, 4.69) is 9.73 Å². The van der Waals surface area contributed by atoms with E-state index >= 15 is 0 Å². The fourth-order valence-corrected chi connectivity index (χ4v) is 2.03. The highest BCUT2D eigenvalue weighted by atomic mass is 16.4. The van der Waals surface area contributed by atoms with E-state index in [4.69, 9.17) is 0 Å². The van der Waals surface area contributed by atoms with E-state index in [-0.39, 0.29) is 5.91 Å². The van der Waals surface area contributed by atoms with Crippen LogP contribution < -0.4 is 10.9 Å². The van der Waals surface area contributed by atoms with E-state index in [1.165, 1.54) is 18.4 Å². The number of carbonyl (C=O) groups is 1. The fourth-order valence-electron chi connectivity index (χ4n) is 2.03. The first-order valence-electron chi connectivity index (χ1n) is 5.74. The van der Waals surface area contributed by atoms with E-state index in [1.807, 2.05) is 0 Å². The topological polar surface area (TPSA) is 62.6 Å². The molecule has 0 bridgehead atoms. The molecule has 5 nitrogen and oxygen atoms in total. The monoisotopic (exact) mass is 236 g/mol. The number of carbonyl (C=O) groups excluding carboxylic acids is 1. The summed E-state index contributed by atoms with van der Waals surface area (Å²) in [6.45, 7) is 1.70. The lowest BCUT2D eigenvalue weighted by molar-refractivity contribution is 0.0781. The first-order chi connectivity index (χ1) is 8.16. The second-order valence-corrected chi connectivity index (χ2v) is 4.32. The second kappa shape index (κ2) is 5.14. The molecule has 0 radical (unpaired) electrons. The van der Waals surface area contributed by atoms with Crippen molar-refractivity contribution in [3.05, 3.63) is 34.4 Å². The van der Waals surface area contributed by atoms with E-state index < -0.39 is 5.63 Å². The van der Waals surface area contributed by atoms with Gasteiger partial charge in [-0.3, -0.25) is 4.79 Å². The highest BCUT2D eigenvalue weighted by molar-refractivity contribution is 5.93. The van der Waals surface area contributed by atoms with Crippen molar-refractivity contribution in [3.8, 4) is 0 Å². The summed E-state index contributed by atoms with van der Waals surface area (Å²) in [4.78, 5) is 24.4.